The highest BCUT2D eigenvalue weighted by atomic mass is 14.1. The molecule has 0 fully saturated rings. The van der Waals surface area contributed by atoms with E-state index < -0.39 is 0 Å². The van der Waals surface area contributed by atoms with Crippen LogP contribution in [0.15, 0.2) is 42.5 Å². The lowest BCUT2D eigenvalue weighted by atomic mass is 9.89. The molecule has 0 N–H and O–H groups in total. The van der Waals surface area contributed by atoms with E-state index in [1.807, 2.05) is 0 Å². The monoisotopic (exact) mass is 250 g/mol. The first-order valence-corrected chi connectivity index (χ1v) is 7.42. The van der Waals surface area contributed by atoms with Crippen molar-refractivity contribution in [2.45, 2.75) is 45.4 Å². The second-order valence-corrected chi connectivity index (χ2v) is 6.00. The zero-order valence-corrected chi connectivity index (χ0v) is 11.9. The molecule has 0 spiro atoms. The molecule has 0 nitrogen and oxygen atoms in total. The van der Waals surface area contributed by atoms with Gasteiger partial charge in [-0.05, 0) is 59.4 Å². The second-order valence-electron chi connectivity index (χ2n) is 6.00. The fourth-order valence-electron chi connectivity index (χ4n) is 3.01. The maximum Gasteiger partial charge on any atom is -0.0216 e. The molecule has 0 aliphatic heterocycles. The molecule has 0 unspecified atom stereocenters. The average molecular weight is 250 g/mol. The summed E-state index contributed by atoms with van der Waals surface area (Å²) >= 11 is 0. The largest absolute Gasteiger partial charge is 0.0588 e. The second kappa shape index (κ2) is 5.21. The molecule has 4 aliphatic rings. The molecule has 0 radical (unpaired) electrons. The molecule has 19 heavy (non-hydrogen) atoms. The van der Waals surface area contributed by atoms with Crippen molar-refractivity contribution >= 4 is 0 Å². The molecular formula is C19H22. The normalized spacial score (nSPS) is 14.5. The van der Waals surface area contributed by atoms with Crippen molar-refractivity contribution in [1.82, 2.24) is 0 Å². The van der Waals surface area contributed by atoms with Crippen LogP contribution in [0.3, 0.4) is 0 Å². The Labute approximate surface area is 116 Å². The van der Waals surface area contributed by atoms with Gasteiger partial charge < -0.3 is 0 Å². The zero-order valence-electron chi connectivity index (χ0n) is 11.9. The van der Waals surface area contributed by atoms with Crippen LogP contribution >= 0.6 is 0 Å². The smallest absolute Gasteiger partial charge is 0.0216 e. The van der Waals surface area contributed by atoms with Crippen LogP contribution in [0.5, 0.6) is 0 Å². The van der Waals surface area contributed by atoms with E-state index in [0.717, 1.165) is 25.7 Å². The Hall–Kier alpha value is -1.56. The summed E-state index contributed by atoms with van der Waals surface area (Å²) in [6.07, 6.45) is 4.61. The summed E-state index contributed by atoms with van der Waals surface area (Å²) in [5, 5.41) is 0. The van der Waals surface area contributed by atoms with E-state index in [2.05, 4.69) is 56.3 Å². The summed E-state index contributed by atoms with van der Waals surface area (Å²) in [5.74, 6) is 0.624. The lowest BCUT2D eigenvalue weighted by Gasteiger charge is -2.16. The van der Waals surface area contributed by atoms with Crippen LogP contribution in [0.2, 0.25) is 0 Å². The first-order chi connectivity index (χ1) is 9.22. The van der Waals surface area contributed by atoms with E-state index in [1.165, 1.54) is 22.3 Å². The number of hydrogen-bond acceptors (Lipinski definition) is 0. The van der Waals surface area contributed by atoms with Crippen molar-refractivity contribution in [1.29, 1.82) is 0 Å². The Morgan fingerprint density at radius 1 is 0.684 bits per heavy atom. The number of rotatable bonds is 1. The lowest BCUT2D eigenvalue weighted by Crippen LogP contribution is -2.03. The molecule has 0 saturated heterocycles. The van der Waals surface area contributed by atoms with Crippen molar-refractivity contribution in [3.8, 4) is 0 Å². The predicted octanol–water partition coefficient (Wildman–Crippen LogP) is 4.69. The van der Waals surface area contributed by atoms with Gasteiger partial charge in [0.1, 0.15) is 0 Å². The van der Waals surface area contributed by atoms with Crippen LogP contribution in [0, 0.1) is 0 Å². The van der Waals surface area contributed by atoms with E-state index in [1.54, 1.807) is 5.56 Å². The molecule has 0 saturated carbocycles. The maximum atomic E-state index is 2.44. The summed E-state index contributed by atoms with van der Waals surface area (Å²) in [4.78, 5) is 0. The van der Waals surface area contributed by atoms with Gasteiger partial charge >= 0.3 is 0 Å². The highest BCUT2D eigenvalue weighted by Crippen LogP contribution is 2.24. The fraction of sp³-hybridized carbons (Fsp3) is 0.368. The Balaban J connectivity index is 2.01. The Kier molecular flexibility index (Phi) is 3.42. The highest BCUT2D eigenvalue weighted by Gasteiger charge is 2.09. The van der Waals surface area contributed by atoms with E-state index in [-0.39, 0.29) is 0 Å². The third kappa shape index (κ3) is 2.73. The van der Waals surface area contributed by atoms with Crippen LogP contribution in [-0.4, -0.2) is 0 Å². The van der Waals surface area contributed by atoms with E-state index >= 15 is 0 Å². The van der Waals surface area contributed by atoms with Gasteiger partial charge in [0.2, 0.25) is 0 Å². The maximum absolute atomic E-state index is 2.44. The van der Waals surface area contributed by atoms with Gasteiger partial charge in [-0.1, -0.05) is 56.3 Å². The minimum Gasteiger partial charge on any atom is -0.0588 e. The van der Waals surface area contributed by atoms with E-state index in [9.17, 15) is 0 Å². The summed E-state index contributed by atoms with van der Waals surface area (Å²) < 4.78 is 0. The molecule has 6 rings (SSSR count). The van der Waals surface area contributed by atoms with Crippen molar-refractivity contribution in [3.63, 3.8) is 0 Å². The molecule has 4 bridgehead atoms. The van der Waals surface area contributed by atoms with Gasteiger partial charge in [-0.15, -0.1) is 0 Å². The van der Waals surface area contributed by atoms with Gasteiger partial charge in [0, 0.05) is 0 Å². The van der Waals surface area contributed by atoms with Gasteiger partial charge in [-0.3, -0.25) is 0 Å². The quantitative estimate of drug-likeness (QED) is 0.688. The van der Waals surface area contributed by atoms with E-state index in [4.69, 9.17) is 0 Å². The van der Waals surface area contributed by atoms with Crippen LogP contribution in [0.4, 0.5) is 0 Å². The van der Waals surface area contributed by atoms with E-state index in [0.29, 0.717) is 5.92 Å². The molecule has 2 aromatic rings. The molecule has 4 aliphatic carbocycles. The molecule has 0 amide bonds. The third-order valence-electron chi connectivity index (χ3n) is 4.24. The minimum absolute atomic E-state index is 0.624. The minimum atomic E-state index is 0.624. The lowest BCUT2D eigenvalue weighted by molar-refractivity contribution is 0.818. The molecule has 0 aromatic heterocycles. The van der Waals surface area contributed by atoms with Gasteiger partial charge in [-0.25, -0.2) is 0 Å². The first-order valence-electron chi connectivity index (χ1n) is 7.42. The molecule has 98 valence electrons. The van der Waals surface area contributed by atoms with Gasteiger partial charge in [0.15, 0.2) is 0 Å². The van der Waals surface area contributed by atoms with Crippen LogP contribution in [-0.2, 0) is 25.7 Å². The molecular weight excluding hydrogens is 228 g/mol. The SMILES string of the molecule is CC(C)c1cc2ccc1CCc1ccc(cc1)CC2. The molecule has 2 aromatic carbocycles. The number of benzene rings is 2. The summed E-state index contributed by atoms with van der Waals surface area (Å²) in [6.45, 7) is 4.62. The molecule has 0 atom stereocenters. The third-order valence-corrected chi connectivity index (χ3v) is 4.24. The zero-order chi connectivity index (χ0) is 13.2. The Morgan fingerprint density at radius 2 is 1.21 bits per heavy atom. The standard InChI is InChI=1S/C19H22/c1-14(2)19-13-17-8-7-15-3-5-16(6-4-15)9-11-18(19)12-10-17/h3-6,10,12-14H,7-9,11H2,1-2H3. The fourth-order valence-corrected chi connectivity index (χ4v) is 3.01. The number of hydrogen-bond donors (Lipinski definition) is 0. The summed E-state index contributed by atoms with van der Waals surface area (Å²) in [7, 11) is 0. The highest BCUT2D eigenvalue weighted by molar-refractivity contribution is 5.36. The summed E-state index contributed by atoms with van der Waals surface area (Å²) in [6, 6.07) is 16.3. The van der Waals surface area contributed by atoms with Gasteiger partial charge in [-0.2, -0.15) is 0 Å². The van der Waals surface area contributed by atoms with Crippen LogP contribution in [0.1, 0.15) is 47.6 Å². The first kappa shape index (κ1) is 12.5. The van der Waals surface area contributed by atoms with Gasteiger partial charge in [0.25, 0.3) is 0 Å². The molecule has 0 heteroatoms. The van der Waals surface area contributed by atoms with Crippen LogP contribution < -0.4 is 0 Å². The van der Waals surface area contributed by atoms with Crippen molar-refractivity contribution in [3.05, 3.63) is 70.3 Å². The van der Waals surface area contributed by atoms with Crippen molar-refractivity contribution < 1.29 is 0 Å². The van der Waals surface area contributed by atoms with Crippen LogP contribution in [0.25, 0.3) is 0 Å². The van der Waals surface area contributed by atoms with Crippen molar-refractivity contribution in [2.75, 3.05) is 0 Å². The van der Waals surface area contributed by atoms with Crippen molar-refractivity contribution in [2.24, 2.45) is 0 Å². The Bertz CT molecular complexity index is 561. The molecule has 0 heterocycles. The Morgan fingerprint density at radius 3 is 1.84 bits per heavy atom. The topological polar surface area (TPSA) is 0 Å². The summed E-state index contributed by atoms with van der Waals surface area (Å²) in [5.41, 5.74) is 7.48. The average Bonchev–Trinajstić information content (AvgIpc) is 2.41. The predicted molar refractivity (Wildman–Crippen MR) is 81.8 cm³/mol. The number of aryl methyl sites for hydroxylation is 4. The van der Waals surface area contributed by atoms with Gasteiger partial charge in [0.05, 0.1) is 0 Å².